The predicted octanol–water partition coefficient (Wildman–Crippen LogP) is 3.33. The van der Waals surface area contributed by atoms with Crippen LogP contribution < -0.4 is 4.74 Å². The molecule has 116 valence electrons. The van der Waals surface area contributed by atoms with Crippen molar-refractivity contribution in [3.05, 3.63) is 29.8 Å². The molecule has 1 saturated heterocycles. The van der Waals surface area contributed by atoms with Crippen LogP contribution >= 0.6 is 0 Å². The topological polar surface area (TPSA) is 49.8 Å². The van der Waals surface area contributed by atoms with Crippen molar-refractivity contribution in [2.45, 2.75) is 38.6 Å². The molecule has 21 heavy (non-hydrogen) atoms. The second-order valence-electron chi connectivity index (χ2n) is 5.93. The summed E-state index contributed by atoms with van der Waals surface area (Å²) in [6.07, 6.45) is 3.25. The van der Waals surface area contributed by atoms with E-state index in [0.29, 0.717) is 18.4 Å². The molecule has 4 heteroatoms. The molecule has 0 spiro atoms. The maximum atomic E-state index is 10.7. The molecule has 1 heterocycles. The highest BCUT2D eigenvalue weighted by Gasteiger charge is 2.28. The zero-order chi connectivity index (χ0) is 15.2. The average molecular weight is 291 g/mol. The fraction of sp³-hybridized carbons (Fsp3) is 0.588. The minimum absolute atomic E-state index is 0.240. The van der Waals surface area contributed by atoms with Crippen molar-refractivity contribution in [2.24, 2.45) is 5.92 Å². The summed E-state index contributed by atoms with van der Waals surface area (Å²) in [5.41, 5.74) is 1.22. The molecule has 0 aromatic heterocycles. The van der Waals surface area contributed by atoms with Crippen molar-refractivity contribution in [1.29, 1.82) is 0 Å². The monoisotopic (exact) mass is 291 g/mol. The largest absolute Gasteiger partial charge is 0.496 e. The molecule has 1 aromatic carbocycles. The fourth-order valence-electron chi connectivity index (χ4n) is 3.22. The van der Waals surface area contributed by atoms with E-state index in [1.807, 2.05) is 18.2 Å². The van der Waals surface area contributed by atoms with Crippen LogP contribution in [0.15, 0.2) is 24.3 Å². The summed E-state index contributed by atoms with van der Waals surface area (Å²) in [6.45, 7) is 4.13. The molecular formula is C17H25NO3. The molecule has 1 fully saturated rings. The summed E-state index contributed by atoms with van der Waals surface area (Å²) in [7, 11) is 1.71. The number of methoxy groups -OCH3 is 1. The summed E-state index contributed by atoms with van der Waals surface area (Å²) >= 11 is 0. The van der Waals surface area contributed by atoms with Gasteiger partial charge >= 0.3 is 5.97 Å². The Morgan fingerprint density at radius 2 is 2.14 bits per heavy atom. The minimum Gasteiger partial charge on any atom is -0.496 e. The van der Waals surface area contributed by atoms with Crippen LogP contribution in [0.25, 0.3) is 0 Å². The van der Waals surface area contributed by atoms with Gasteiger partial charge in [-0.1, -0.05) is 25.1 Å². The van der Waals surface area contributed by atoms with Crippen LogP contribution in [-0.4, -0.2) is 36.2 Å². The number of nitrogens with zero attached hydrogens (tertiary/aromatic N) is 1. The van der Waals surface area contributed by atoms with E-state index >= 15 is 0 Å². The van der Waals surface area contributed by atoms with Crippen LogP contribution in [0.3, 0.4) is 0 Å². The van der Waals surface area contributed by atoms with E-state index in [-0.39, 0.29) is 6.42 Å². The van der Waals surface area contributed by atoms with E-state index in [4.69, 9.17) is 9.84 Å². The normalized spacial score (nSPS) is 23.0. The van der Waals surface area contributed by atoms with Crippen molar-refractivity contribution in [3.8, 4) is 5.75 Å². The molecule has 0 radical (unpaired) electrons. The average Bonchev–Trinajstić information content (AvgIpc) is 2.47. The number of aliphatic carboxylic acids is 1. The van der Waals surface area contributed by atoms with Gasteiger partial charge in [-0.3, -0.25) is 9.69 Å². The number of benzene rings is 1. The molecule has 1 aliphatic heterocycles. The van der Waals surface area contributed by atoms with Gasteiger partial charge in [0.1, 0.15) is 5.75 Å². The van der Waals surface area contributed by atoms with Crippen LogP contribution in [0.4, 0.5) is 0 Å². The summed E-state index contributed by atoms with van der Waals surface area (Å²) in [5.74, 6) is 0.884. The highest BCUT2D eigenvalue weighted by atomic mass is 16.5. The fourth-order valence-corrected chi connectivity index (χ4v) is 3.22. The standard InChI is InChI=1S/C17H25NO3/c1-13-9-10-15(14-6-3-4-7-16(14)21-2)18(12-13)11-5-8-17(19)20/h3-4,6-7,13,15H,5,8-12H2,1-2H3,(H,19,20). The van der Waals surface area contributed by atoms with Crippen LogP contribution in [-0.2, 0) is 4.79 Å². The summed E-state index contributed by atoms with van der Waals surface area (Å²) in [6, 6.07) is 8.51. The molecule has 0 amide bonds. The third kappa shape index (κ3) is 4.21. The zero-order valence-corrected chi connectivity index (χ0v) is 12.9. The first kappa shape index (κ1) is 15.8. The number of hydrogen-bond acceptors (Lipinski definition) is 3. The highest BCUT2D eigenvalue weighted by Crippen LogP contribution is 2.37. The van der Waals surface area contributed by atoms with E-state index in [1.165, 1.54) is 12.0 Å². The van der Waals surface area contributed by atoms with Crippen LogP contribution in [0.1, 0.15) is 44.2 Å². The van der Waals surface area contributed by atoms with Gasteiger partial charge in [0.2, 0.25) is 0 Å². The van der Waals surface area contributed by atoms with Gasteiger partial charge in [0.25, 0.3) is 0 Å². The molecule has 1 aliphatic rings. The number of rotatable bonds is 6. The van der Waals surface area contributed by atoms with E-state index in [0.717, 1.165) is 25.3 Å². The maximum absolute atomic E-state index is 10.7. The van der Waals surface area contributed by atoms with Gasteiger partial charge < -0.3 is 9.84 Å². The molecule has 2 unspecified atom stereocenters. The zero-order valence-electron chi connectivity index (χ0n) is 12.9. The number of carbonyl (C=O) groups is 1. The Labute approximate surface area is 126 Å². The minimum atomic E-state index is -0.714. The number of para-hydroxylation sites is 1. The smallest absolute Gasteiger partial charge is 0.303 e. The van der Waals surface area contributed by atoms with Gasteiger partial charge in [0.15, 0.2) is 0 Å². The molecule has 1 N–H and O–H groups in total. The molecule has 0 aliphatic carbocycles. The van der Waals surface area contributed by atoms with E-state index < -0.39 is 5.97 Å². The van der Waals surface area contributed by atoms with E-state index in [2.05, 4.69) is 17.9 Å². The van der Waals surface area contributed by atoms with E-state index in [1.54, 1.807) is 7.11 Å². The first-order chi connectivity index (χ1) is 10.1. The number of hydrogen-bond donors (Lipinski definition) is 1. The number of carboxylic acid groups (broad SMARTS) is 1. The summed E-state index contributed by atoms with van der Waals surface area (Å²) in [4.78, 5) is 13.1. The van der Waals surface area contributed by atoms with Gasteiger partial charge in [-0.25, -0.2) is 0 Å². The molecule has 4 nitrogen and oxygen atoms in total. The molecule has 2 rings (SSSR count). The predicted molar refractivity (Wildman–Crippen MR) is 82.6 cm³/mol. The molecule has 1 aromatic rings. The third-order valence-corrected chi connectivity index (χ3v) is 4.25. The lowest BCUT2D eigenvalue weighted by Gasteiger charge is -2.39. The Kier molecular flexibility index (Phi) is 5.62. The van der Waals surface area contributed by atoms with Crippen molar-refractivity contribution >= 4 is 5.97 Å². The van der Waals surface area contributed by atoms with Crippen molar-refractivity contribution in [3.63, 3.8) is 0 Å². The SMILES string of the molecule is COc1ccccc1C1CCC(C)CN1CCCC(=O)O. The Balaban J connectivity index is 2.12. The Bertz CT molecular complexity index is 475. The maximum Gasteiger partial charge on any atom is 0.303 e. The lowest BCUT2D eigenvalue weighted by atomic mass is 9.89. The first-order valence-corrected chi connectivity index (χ1v) is 7.70. The molecule has 2 atom stereocenters. The summed E-state index contributed by atoms with van der Waals surface area (Å²) < 4.78 is 5.50. The summed E-state index contributed by atoms with van der Waals surface area (Å²) in [5, 5.41) is 8.82. The van der Waals surface area contributed by atoms with Crippen LogP contribution in [0, 0.1) is 5.92 Å². The van der Waals surface area contributed by atoms with E-state index in [9.17, 15) is 4.79 Å². The molecule has 0 saturated carbocycles. The van der Waals surface area contributed by atoms with Gasteiger partial charge in [-0.15, -0.1) is 0 Å². The quantitative estimate of drug-likeness (QED) is 0.873. The number of ether oxygens (including phenoxy) is 1. The second kappa shape index (κ2) is 7.46. The number of piperidine rings is 1. The van der Waals surface area contributed by atoms with Gasteiger partial charge in [0, 0.05) is 24.6 Å². The second-order valence-corrected chi connectivity index (χ2v) is 5.93. The highest BCUT2D eigenvalue weighted by molar-refractivity contribution is 5.66. The van der Waals surface area contributed by atoms with Gasteiger partial charge in [-0.2, -0.15) is 0 Å². The Morgan fingerprint density at radius 3 is 2.86 bits per heavy atom. The Hall–Kier alpha value is -1.55. The van der Waals surface area contributed by atoms with Crippen molar-refractivity contribution in [2.75, 3.05) is 20.2 Å². The van der Waals surface area contributed by atoms with Gasteiger partial charge in [0.05, 0.1) is 7.11 Å². The number of carboxylic acids is 1. The third-order valence-electron chi connectivity index (χ3n) is 4.25. The van der Waals surface area contributed by atoms with Crippen LogP contribution in [0.5, 0.6) is 5.75 Å². The molecular weight excluding hydrogens is 266 g/mol. The number of likely N-dealkylation sites (tertiary alicyclic amines) is 1. The van der Waals surface area contributed by atoms with Gasteiger partial charge in [-0.05, 0) is 37.8 Å². The lowest BCUT2D eigenvalue weighted by Crippen LogP contribution is -2.38. The Morgan fingerprint density at radius 1 is 1.38 bits per heavy atom. The van der Waals surface area contributed by atoms with Crippen molar-refractivity contribution < 1.29 is 14.6 Å². The van der Waals surface area contributed by atoms with Crippen LogP contribution in [0.2, 0.25) is 0 Å². The van der Waals surface area contributed by atoms with Crippen molar-refractivity contribution in [1.82, 2.24) is 4.90 Å². The molecule has 0 bridgehead atoms. The lowest BCUT2D eigenvalue weighted by molar-refractivity contribution is -0.137. The first-order valence-electron chi connectivity index (χ1n) is 7.70.